The zero-order valence-electron chi connectivity index (χ0n) is 10.3. The quantitative estimate of drug-likeness (QED) is 0.714. The second-order valence-corrected chi connectivity index (χ2v) is 4.42. The molecule has 0 fully saturated rings. The van der Waals surface area contributed by atoms with Gasteiger partial charge < -0.3 is 14.8 Å². The van der Waals surface area contributed by atoms with Crippen molar-refractivity contribution in [2.75, 3.05) is 5.23 Å². The van der Waals surface area contributed by atoms with E-state index in [1.54, 1.807) is 12.1 Å². The molecular weight excluding hydrogens is 242 g/mol. The largest absolute Gasteiger partial charge is 0.733 e. The van der Waals surface area contributed by atoms with E-state index in [0.29, 0.717) is 0 Å². The zero-order valence-corrected chi connectivity index (χ0v) is 10.3. The van der Waals surface area contributed by atoms with E-state index in [4.69, 9.17) is 5.21 Å². The van der Waals surface area contributed by atoms with Crippen LogP contribution < -0.4 is 5.23 Å². The van der Waals surface area contributed by atoms with Crippen LogP contribution in [0.15, 0.2) is 48.8 Å². The highest BCUT2D eigenvalue weighted by Gasteiger charge is 2.05. The van der Waals surface area contributed by atoms with Crippen LogP contribution in [0.1, 0.15) is 5.56 Å². The number of hydrogen-bond donors (Lipinski definition) is 1. The van der Waals surface area contributed by atoms with Gasteiger partial charge in [0.1, 0.15) is 5.65 Å². The summed E-state index contributed by atoms with van der Waals surface area (Å²) < 4.78 is 1.92. The Hall–Kier alpha value is -2.37. The minimum atomic E-state index is -0.149. The van der Waals surface area contributed by atoms with Crippen molar-refractivity contribution >= 4 is 11.3 Å². The lowest BCUT2D eigenvalue weighted by molar-refractivity contribution is 0.296. The van der Waals surface area contributed by atoms with E-state index in [1.807, 2.05) is 41.9 Å². The van der Waals surface area contributed by atoms with Crippen LogP contribution in [0.25, 0.3) is 16.9 Å². The number of rotatable bonds is 2. The second kappa shape index (κ2) is 4.38. The first-order valence-electron chi connectivity index (χ1n) is 5.85. The lowest BCUT2D eigenvalue weighted by atomic mass is 10.1. The molecule has 0 unspecified atom stereocenters. The Morgan fingerprint density at radius 1 is 1.26 bits per heavy atom. The molecule has 1 aromatic carbocycles. The Bertz CT molecular complexity index is 734. The third-order valence-electron chi connectivity index (χ3n) is 2.98. The Labute approximate surface area is 109 Å². The van der Waals surface area contributed by atoms with Crippen LogP contribution in [0.3, 0.4) is 0 Å². The van der Waals surface area contributed by atoms with E-state index in [2.05, 4.69) is 4.98 Å². The first kappa shape index (κ1) is 11.7. The lowest BCUT2D eigenvalue weighted by Gasteiger charge is -2.21. The molecule has 2 aromatic heterocycles. The standard InChI is InChI=1S/C14H12N3O2/c1-10-5-6-16-9-13(15-14(16)7-10)11-3-2-4-12(8-11)17(18)19/h2-9,18H,1H3/q-1. The predicted octanol–water partition coefficient (Wildman–Crippen LogP) is 3.00. The molecule has 0 spiro atoms. The highest BCUT2D eigenvalue weighted by atomic mass is 16.8. The summed E-state index contributed by atoms with van der Waals surface area (Å²) in [5.74, 6) is 0. The van der Waals surface area contributed by atoms with Crippen molar-refractivity contribution < 1.29 is 5.21 Å². The number of aromatic nitrogens is 2. The Balaban J connectivity index is 2.11. The number of hydrogen-bond acceptors (Lipinski definition) is 4. The maximum Gasteiger partial charge on any atom is 0.137 e. The van der Waals surface area contributed by atoms with Gasteiger partial charge in [-0.25, -0.2) is 4.98 Å². The molecule has 0 bridgehead atoms. The highest BCUT2D eigenvalue weighted by Crippen LogP contribution is 2.23. The second-order valence-electron chi connectivity index (χ2n) is 4.42. The molecule has 2 heterocycles. The van der Waals surface area contributed by atoms with Crippen molar-refractivity contribution in [3.63, 3.8) is 0 Å². The Morgan fingerprint density at radius 2 is 2.11 bits per heavy atom. The van der Waals surface area contributed by atoms with Gasteiger partial charge in [0.2, 0.25) is 0 Å². The molecule has 0 radical (unpaired) electrons. The first-order valence-corrected chi connectivity index (χ1v) is 5.85. The fraction of sp³-hybridized carbons (Fsp3) is 0.0714. The van der Waals surface area contributed by atoms with Gasteiger partial charge >= 0.3 is 0 Å². The number of benzene rings is 1. The van der Waals surface area contributed by atoms with Gasteiger partial charge in [-0.15, -0.1) is 0 Å². The molecule has 0 saturated heterocycles. The first-order chi connectivity index (χ1) is 9.13. The van der Waals surface area contributed by atoms with Crippen LogP contribution in [0, 0.1) is 12.1 Å². The van der Waals surface area contributed by atoms with Crippen molar-refractivity contribution in [2.45, 2.75) is 6.92 Å². The van der Waals surface area contributed by atoms with Crippen molar-refractivity contribution in [3.05, 3.63) is 59.6 Å². The maximum absolute atomic E-state index is 10.9. The average molecular weight is 254 g/mol. The van der Waals surface area contributed by atoms with Crippen LogP contribution in [-0.4, -0.2) is 14.6 Å². The fourth-order valence-electron chi connectivity index (χ4n) is 2.01. The van der Waals surface area contributed by atoms with Crippen LogP contribution in [-0.2, 0) is 0 Å². The molecule has 0 aliphatic carbocycles. The highest BCUT2D eigenvalue weighted by molar-refractivity contribution is 5.67. The maximum atomic E-state index is 10.9. The normalized spacial score (nSPS) is 10.9. The third kappa shape index (κ3) is 2.16. The summed E-state index contributed by atoms with van der Waals surface area (Å²) in [7, 11) is 0. The summed E-state index contributed by atoms with van der Waals surface area (Å²) in [4.78, 5) is 4.51. The number of aryl methyl sites for hydroxylation is 1. The summed E-state index contributed by atoms with van der Waals surface area (Å²) in [6.07, 6.45) is 3.83. The number of imidazole rings is 1. The third-order valence-corrected chi connectivity index (χ3v) is 2.98. The molecule has 0 aliphatic heterocycles. The summed E-state index contributed by atoms with van der Waals surface area (Å²) in [6.45, 7) is 2.01. The molecule has 3 rings (SSSR count). The molecule has 0 saturated carbocycles. The van der Waals surface area contributed by atoms with Crippen LogP contribution in [0.4, 0.5) is 5.69 Å². The molecule has 0 aliphatic rings. The topological polar surface area (TPSA) is 63.8 Å². The van der Waals surface area contributed by atoms with Gasteiger partial charge in [-0.3, -0.25) is 5.21 Å². The Morgan fingerprint density at radius 3 is 2.89 bits per heavy atom. The van der Waals surface area contributed by atoms with E-state index >= 15 is 0 Å². The van der Waals surface area contributed by atoms with Gasteiger partial charge in [-0.1, -0.05) is 12.1 Å². The number of pyridine rings is 1. The van der Waals surface area contributed by atoms with Crippen LogP contribution >= 0.6 is 0 Å². The minimum Gasteiger partial charge on any atom is -0.733 e. The van der Waals surface area contributed by atoms with Gasteiger partial charge in [-0.05, 0) is 36.8 Å². The summed E-state index contributed by atoms with van der Waals surface area (Å²) >= 11 is 0. The van der Waals surface area contributed by atoms with E-state index in [1.165, 1.54) is 6.07 Å². The summed E-state index contributed by atoms with van der Waals surface area (Å²) in [5, 5.41) is 19.7. The Kier molecular flexibility index (Phi) is 2.70. The van der Waals surface area contributed by atoms with Gasteiger partial charge in [-0.2, -0.15) is 0 Å². The average Bonchev–Trinajstić information content (AvgIpc) is 2.81. The number of anilines is 1. The van der Waals surface area contributed by atoms with Gasteiger partial charge in [0.05, 0.1) is 11.4 Å². The van der Waals surface area contributed by atoms with E-state index < -0.39 is 0 Å². The SMILES string of the molecule is Cc1ccn2cc(-c3cccc(N([O-])O)c3)nc2c1. The van der Waals surface area contributed by atoms with Crippen molar-refractivity contribution in [1.82, 2.24) is 9.38 Å². The molecule has 1 N–H and O–H groups in total. The molecule has 19 heavy (non-hydrogen) atoms. The van der Waals surface area contributed by atoms with Crippen molar-refractivity contribution in [1.29, 1.82) is 0 Å². The molecule has 0 amide bonds. The van der Waals surface area contributed by atoms with E-state index in [0.717, 1.165) is 22.5 Å². The molecule has 3 aromatic rings. The minimum absolute atomic E-state index is 0.149. The molecule has 5 nitrogen and oxygen atoms in total. The van der Waals surface area contributed by atoms with Crippen molar-refractivity contribution in [3.8, 4) is 11.3 Å². The van der Waals surface area contributed by atoms with Gasteiger partial charge in [0, 0.05) is 18.0 Å². The van der Waals surface area contributed by atoms with Gasteiger partial charge in [0.15, 0.2) is 0 Å². The molecular formula is C14H12N3O2-. The fourth-order valence-corrected chi connectivity index (χ4v) is 2.01. The zero-order chi connectivity index (χ0) is 13.4. The van der Waals surface area contributed by atoms with Crippen LogP contribution in [0.2, 0.25) is 0 Å². The van der Waals surface area contributed by atoms with Gasteiger partial charge in [0.25, 0.3) is 0 Å². The molecule has 0 atom stereocenters. The molecule has 5 heteroatoms. The smallest absolute Gasteiger partial charge is 0.137 e. The van der Waals surface area contributed by atoms with Crippen LogP contribution in [0.5, 0.6) is 0 Å². The molecule has 96 valence electrons. The summed E-state index contributed by atoms with van der Waals surface area (Å²) in [5.41, 5.74) is 3.72. The number of nitrogens with zero attached hydrogens (tertiary/aromatic N) is 3. The summed E-state index contributed by atoms with van der Waals surface area (Å²) in [6, 6.07) is 10.7. The lowest BCUT2D eigenvalue weighted by Crippen LogP contribution is -2.06. The monoisotopic (exact) mass is 254 g/mol. The van der Waals surface area contributed by atoms with E-state index in [-0.39, 0.29) is 10.9 Å². The number of fused-ring (bicyclic) bond motifs is 1. The van der Waals surface area contributed by atoms with E-state index in [9.17, 15) is 5.21 Å². The predicted molar refractivity (Wildman–Crippen MR) is 73.0 cm³/mol. The van der Waals surface area contributed by atoms with Crippen molar-refractivity contribution in [2.24, 2.45) is 0 Å².